The van der Waals surface area contributed by atoms with Crippen LogP contribution in [0.3, 0.4) is 0 Å². The molecule has 3 rings (SSSR count). The van der Waals surface area contributed by atoms with Crippen LogP contribution in [0.25, 0.3) is 0 Å². The fraction of sp³-hybridized carbons (Fsp3) is 0.852. The van der Waals surface area contributed by atoms with Gasteiger partial charge in [-0.3, -0.25) is 9.59 Å². The number of ether oxygens (including phenoxy) is 4. The molecule has 0 unspecified atom stereocenters. The summed E-state index contributed by atoms with van der Waals surface area (Å²) >= 11 is 0. The van der Waals surface area contributed by atoms with Gasteiger partial charge in [0, 0.05) is 24.9 Å². The number of fused-ring (bicyclic) bond motifs is 4. The van der Waals surface area contributed by atoms with Crippen molar-refractivity contribution in [3.63, 3.8) is 0 Å². The molecular weight excluding hydrogens is 893 g/mol. The third-order valence-electron chi connectivity index (χ3n) is 16.1. The molecule has 2 saturated heterocycles. The SMILES string of the molecule is C=C1/C=C/[C@H](O[Si](C)(C)C(C)(C)C)[C@@H](C)C(=O)O[C@@H](CCCC)[C@@H]2CC[C@@H](C[C@H](O[Si](C)(C)C(C)(C)C)CC[C@H]3OC(C)(C)O[C@H](C/C(C)=C/[C@@H](C)[C@@H](O)C[C@@H]1O[Si](C)(C)C(C)(C)C)C3=O)O2. The number of rotatable bonds is 9. The zero-order valence-electron chi connectivity index (χ0n) is 46.5. The molecule has 3 aliphatic rings. The van der Waals surface area contributed by atoms with Gasteiger partial charge in [0.2, 0.25) is 0 Å². The van der Waals surface area contributed by atoms with Crippen molar-refractivity contribution in [3.05, 3.63) is 36.0 Å². The van der Waals surface area contributed by atoms with E-state index >= 15 is 0 Å². The van der Waals surface area contributed by atoms with Crippen LogP contribution in [0.5, 0.6) is 0 Å². The van der Waals surface area contributed by atoms with E-state index in [1.165, 1.54) is 0 Å². The number of hydrogen-bond donors (Lipinski definition) is 1. The van der Waals surface area contributed by atoms with Gasteiger partial charge in [-0.05, 0) is 133 Å². The summed E-state index contributed by atoms with van der Waals surface area (Å²) in [5, 5.41) is 11.7. The molecule has 0 radical (unpaired) electrons. The smallest absolute Gasteiger partial charge is 0.311 e. The number of Topliss-reactive ketones (excluding diaryl/α,β-unsaturated/α-hetero) is 1. The Balaban J connectivity index is 2.17. The highest BCUT2D eigenvalue weighted by Gasteiger charge is 2.46. The number of aliphatic hydroxyl groups is 1. The fourth-order valence-corrected chi connectivity index (χ4v) is 12.5. The van der Waals surface area contributed by atoms with Crippen molar-refractivity contribution in [1.82, 2.24) is 0 Å². The van der Waals surface area contributed by atoms with Gasteiger partial charge < -0.3 is 37.3 Å². The summed E-state index contributed by atoms with van der Waals surface area (Å²) in [6, 6.07) is 0. The van der Waals surface area contributed by atoms with E-state index in [1.807, 2.05) is 46.8 Å². The normalized spacial score (nSPS) is 33.6. The third-order valence-corrected chi connectivity index (χ3v) is 29.6. The van der Waals surface area contributed by atoms with Crippen LogP contribution in [0.4, 0.5) is 0 Å². The Morgan fingerprint density at radius 2 is 1.34 bits per heavy atom. The van der Waals surface area contributed by atoms with E-state index in [0.29, 0.717) is 44.1 Å². The predicted octanol–water partition coefficient (Wildman–Crippen LogP) is 13.6. The van der Waals surface area contributed by atoms with Crippen molar-refractivity contribution < 1.29 is 46.9 Å². The van der Waals surface area contributed by atoms with E-state index in [0.717, 1.165) is 31.3 Å². The van der Waals surface area contributed by atoms with Gasteiger partial charge in [0.1, 0.15) is 18.3 Å². The van der Waals surface area contributed by atoms with Crippen molar-refractivity contribution in [2.45, 2.75) is 283 Å². The van der Waals surface area contributed by atoms with Crippen molar-refractivity contribution in [1.29, 1.82) is 0 Å². The second-order valence-corrected chi connectivity index (χ2v) is 39.9. The number of carbonyl (C=O) groups is 2. The van der Waals surface area contributed by atoms with Gasteiger partial charge in [-0.1, -0.05) is 113 Å². The highest BCUT2D eigenvalue weighted by Crippen LogP contribution is 2.43. The summed E-state index contributed by atoms with van der Waals surface area (Å²) in [5.74, 6) is -2.21. The van der Waals surface area contributed by atoms with Crippen molar-refractivity contribution in [2.75, 3.05) is 0 Å². The minimum atomic E-state index is -2.40. The Bertz CT molecular complexity index is 1700. The van der Waals surface area contributed by atoms with Gasteiger partial charge in [0.05, 0.1) is 36.4 Å². The van der Waals surface area contributed by atoms with Crippen LogP contribution in [-0.4, -0.2) is 103 Å². The predicted molar refractivity (Wildman–Crippen MR) is 282 cm³/mol. The first-order valence-electron chi connectivity index (χ1n) is 25.9. The molecular formula is C54H100O10Si3. The van der Waals surface area contributed by atoms with Crippen LogP contribution < -0.4 is 0 Å². The Morgan fingerprint density at radius 1 is 0.791 bits per heavy atom. The molecule has 10 nitrogen and oxygen atoms in total. The van der Waals surface area contributed by atoms with Crippen molar-refractivity contribution >= 4 is 36.7 Å². The van der Waals surface area contributed by atoms with E-state index in [-0.39, 0.29) is 51.1 Å². The molecule has 0 aromatic heterocycles. The molecule has 0 saturated carbocycles. The lowest BCUT2D eigenvalue weighted by Gasteiger charge is -2.42. The highest BCUT2D eigenvalue weighted by molar-refractivity contribution is 6.75. The molecule has 0 aromatic carbocycles. The van der Waals surface area contributed by atoms with Crippen LogP contribution in [0.1, 0.15) is 168 Å². The number of ketones is 1. The third kappa shape index (κ3) is 17.2. The lowest BCUT2D eigenvalue weighted by atomic mass is 9.91. The molecule has 3 aliphatic heterocycles. The zero-order chi connectivity index (χ0) is 51.3. The Hall–Kier alpha value is -1.27. The summed E-state index contributed by atoms with van der Waals surface area (Å²) in [6.07, 6.45) is 8.61. The van der Waals surface area contributed by atoms with Crippen LogP contribution >= 0.6 is 0 Å². The maximum Gasteiger partial charge on any atom is 0.311 e. The number of cyclic esters (lactones) is 1. The van der Waals surface area contributed by atoms with Crippen molar-refractivity contribution in [2.24, 2.45) is 11.8 Å². The summed E-state index contributed by atoms with van der Waals surface area (Å²) < 4.78 is 47.5. The van der Waals surface area contributed by atoms with Gasteiger partial charge in [-0.2, -0.15) is 0 Å². The lowest BCUT2D eigenvalue weighted by Crippen LogP contribution is -2.52. The molecule has 3 heterocycles. The quantitative estimate of drug-likeness (QED) is 0.136. The number of aliphatic hydroxyl groups excluding tert-OH is 1. The molecule has 0 aliphatic carbocycles. The molecule has 0 aromatic rings. The largest absolute Gasteiger partial charge is 0.459 e. The average molecular weight is 994 g/mol. The van der Waals surface area contributed by atoms with Crippen LogP contribution in [0.2, 0.25) is 54.4 Å². The van der Waals surface area contributed by atoms with E-state index in [1.54, 1.807) is 0 Å². The standard InChI is InChI=1S/C54H100O10Si3/c1-23-24-25-44-45-30-27-40(58-45)34-41(62-65(17,18)51(6,7)8)28-31-46-49(56)48(61-54(15,16)60-46)33-36(2)32-38(4)42(55)35-47(64-67(21,22)53(12,13)14)37(3)26-29-43(39(5)50(57)59-44)63-66(19,20)52(9,10)11/h26,29,32,38-48,55H,3,23-25,27-28,30-31,33-35H2,1-2,4-22H3/b29-26+,36-32+/t38-,39-,40+,41-,42+,43+,44+,45+,46-,47+,48-/m1/s1. The van der Waals surface area contributed by atoms with E-state index in [4.69, 9.17) is 32.2 Å². The van der Waals surface area contributed by atoms with Crippen LogP contribution in [-0.2, 0) is 41.8 Å². The molecule has 1 N–H and O–H groups in total. The monoisotopic (exact) mass is 993 g/mol. The Morgan fingerprint density at radius 3 is 1.91 bits per heavy atom. The van der Waals surface area contributed by atoms with Crippen molar-refractivity contribution in [3.8, 4) is 0 Å². The second kappa shape index (κ2) is 23.5. The number of esters is 1. The first-order valence-corrected chi connectivity index (χ1v) is 34.6. The summed E-state index contributed by atoms with van der Waals surface area (Å²) in [5.41, 5.74) is 1.67. The molecule has 11 atom stereocenters. The first kappa shape index (κ1) is 60.0. The van der Waals surface area contributed by atoms with E-state index < -0.39 is 73.3 Å². The Labute approximate surface area is 412 Å². The summed E-state index contributed by atoms with van der Waals surface area (Å²) in [6.45, 7) is 49.8. The zero-order valence-corrected chi connectivity index (χ0v) is 49.5. The van der Waals surface area contributed by atoms with Crippen LogP contribution in [0.15, 0.2) is 36.0 Å². The Kier molecular flexibility index (Phi) is 21.1. The lowest BCUT2D eigenvalue weighted by molar-refractivity contribution is -0.280. The average Bonchev–Trinajstić information content (AvgIpc) is 3.63. The summed E-state index contributed by atoms with van der Waals surface area (Å²) in [4.78, 5) is 28.8. The number of carbonyl (C=O) groups excluding carboxylic acids is 2. The summed E-state index contributed by atoms with van der Waals surface area (Å²) in [7, 11) is -6.98. The van der Waals surface area contributed by atoms with Crippen LogP contribution in [0, 0.1) is 11.8 Å². The van der Waals surface area contributed by atoms with E-state index in [9.17, 15) is 14.7 Å². The molecule has 0 amide bonds. The van der Waals surface area contributed by atoms with Gasteiger partial charge in [-0.15, -0.1) is 0 Å². The molecule has 4 bridgehead atoms. The van der Waals surface area contributed by atoms with E-state index in [2.05, 4.69) is 121 Å². The second-order valence-electron chi connectivity index (χ2n) is 25.6. The maximum atomic E-state index is 14.5. The van der Waals surface area contributed by atoms with Gasteiger partial charge >= 0.3 is 5.97 Å². The molecule has 13 heteroatoms. The minimum absolute atomic E-state index is 0.0140. The fourth-order valence-electron chi connectivity index (χ4n) is 8.44. The maximum absolute atomic E-state index is 14.5. The highest BCUT2D eigenvalue weighted by atomic mass is 28.4. The van der Waals surface area contributed by atoms with Gasteiger partial charge in [0.25, 0.3) is 0 Å². The topological polar surface area (TPSA) is 119 Å². The first-order chi connectivity index (χ1) is 30.4. The molecule has 67 heavy (non-hydrogen) atoms. The number of hydrogen-bond acceptors (Lipinski definition) is 10. The van der Waals surface area contributed by atoms with Gasteiger partial charge in [0.15, 0.2) is 36.5 Å². The molecule has 388 valence electrons. The minimum Gasteiger partial charge on any atom is -0.459 e. The molecule has 2 fully saturated rings. The van der Waals surface area contributed by atoms with Gasteiger partial charge in [-0.25, -0.2) is 0 Å². The molecule has 0 spiro atoms. The number of unbranched alkanes of at least 4 members (excludes halogenated alkanes) is 1.